The fourth-order valence-corrected chi connectivity index (χ4v) is 4.56. The number of carbonyl (C=O) groups excluding carboxylic acids is 1. The predicted molar refractivity (Wildman–Crippen MR) is 123 cm³/mol. The van der Waals surface area contributed by atoms with Gasteiger partial charge in [-0.2, -0.15) is 0 Å². The SMILES string of the molecule is CN(c1ccc(F)cc1)S(=O)(=O)c1ccc(Cl)c(C(=O)Nc2ccc3ncccc3c2)c1. The highest BCUT2D eigenvalue weighted by molar-refractivity contribution is 7.92. The Morgan fingerprint density at radius 2 is 1.78 bits per heavy atom. The Morgan fingerprint density at radius 1 is 1.03 bits per heavy atom. The monoisotopic (exact) mass is 469 g/mol. The Bertz CT molecular complexity index is 1430. The Kier molecular flexibility index (Phi) is 5.82. The van der Waals surface area contributed by atoms with Crippen molar-refractivity contribution in [3.8, 4) is 0 Å². The quantitative estimate of drug-likeness (QED) is 0.440. The topological polar surface area (TPSA) is 79.4 Å². The lowest BCUT2D eigenvalue weighted by atomic mass is 10.1. The number of sulfonamides is 1. The van der Waals surface area contributed by atoms with Gasteiger partial charge in [0.2, 0.25) is 0 Å². The molecule has 1 amide bonds. The lowest BCUT2D eigenvalue weighted by Crippen LogP contribution is -2.27. The summed E-state index contributed by atoms with van der Waals surface area (Å²) in [7, 11) is -2.67. The van der Waals surface area contributed by atoms with E-state index in [0.717, 1.165) is 15.2 Å². The van der Waals surface area contributed by atoms with Gasteiger partial charge in [0.15, 0.2) is 0 Å². The maximum Gasteiger partial charge on any atom is 0.264 e. The first kappa shape index (κ1) is 21.7. The molecular formula is C23H17ClFN3O3S. The summed E-state index contributed by atoms with van der Waals surface area (Å²) in [5, 5.41) is 3.68. The molecule has 0 aliphatic rings. The standard InChI is InChI=1S/C23H17ClFN3O3S/c1-28(18-7-4-16(25)5-8-18)32(30,31)19-9-10-21(24)20(14-19)23(29)27-17-6-11-22-15(13-17)3-2-12-26-22/h2-14H,1H3,(H,27,29). The van der Waals surface area contributed by atoms with E-state index in [4.69, 9.17) is 11.6 Å². The summed E-state index contributed by atoms with van der Waals surface area (Å²) in [5.41, 5.74) is 1.58. The number of nitrogens with one attached hydrogen (secondary N) is 1. The van der Waals surface area contributed by atoms with Gasteiger partial charge in [0.05, 0.1) is 26.7 Å². The average Bonchev–Trinajstić information content (AvgIpc) is 2.79. The van der Waals surface area contributed by atoms with E-state index in [-0.39, 0.29) is 21.2 Å². The van der Waals surface area contributed by atoms with Gasteiger partial charge in [-0.15, -0.1) is 0 Å². The van der Waals surface area contributed by atoms with Crippen molar-refractivity contribution < 1.29 is 17.6 Å². The fraction of sp³-hybridized carbons (Fsp3) is 0.0435. The third-order valence-electron chi connectivity index (χ3n) is 4.89. The lowest BCUT2D eigenvalue weighted by Gasteiger charge is -2.20. The van der Waals surface area contributed by atoms with Gasteiger partial charge in [-0.05, 0) is 66.7 Å². The molecule has 0 unspecified atom stereocenters. The van der Waals surface area contributed by atoms with Crippen LogP contribution in [0.4, 0.5) is 15.8 Å². The molecule has 0 spiro atoms. The van der Waals surface area contributed by atoms with Crippen LogP contribution in [-0.2, 0) is 10.0 Å². The number of hydrogen-bond donors (Lipinski definition) is 1. The molecule has 3 aromatic carbocycles. The third-order valence-corrected chi connectivity index (χ3v) is 7.00. The number of benzene rings is 3. The van der Waals surface area contributed by atoms with E-state index in [2.05, 4.69) is 10.3 Å². The van der Waals surface area contributed by atoms with Crippen LogP contribution in [0.25, 0.3) is 10.9 Å². The molecule has 4 aromatic rings. The number of anilines is 2. The number of pyridine rings is 1. The molecule has 0 fully saturated rings. The number of fused-ring (bicyclic) bond motifs is 1. The molecule has 0 aliphatic heterocycles. The third kappa shape index (κ3) is 4.28. The van der Waals surface area contributed by atoms with Crippen molar-refractivity contribution in [1.29, 1.82) is 0 Å². The zero-order chi connectivity index (χ0) is 22.9. The van der Waals surface area contributed by atoms with Crippen LogP contribution < -0.4 is 9.62 Å². The zero-order valence-corrected chi connectivity index (χ0v) is 18.4. The van der Waals surface area contributed by atoms with E-state index in [0.29, 0.717) is 5.69 Å². The van der Waals surface area contributed by atoms with E-state index >= 15 is 0 Å². The summed E-state index contributed by atoms with van der Waals surface area (Å²) in [4.78, 5) is 17.0. The van der Waals surface area contributed by atoms with Crippen molar-refractivity contribution in [2.24, 2.45) is 0 Å². The first-order chi connectivity index (χ1) is 15.3. The molecule has 1 aromatic heterocycles. The van der Waals surface area contributed by atoms with Gasteiger partial charge in [0, 0.05) is 24.3 Å². The highest BCUT2D eigenvalue weighted by Gasteiger charge is 2.24. The van der Waals surface area contributed by atoms with Crippen molar-refractivity contribution in [2.75, 3.05) is 16.7 Å². The Labute approximate surface area is 189 Å². The number of aromatic nitrogens is 1. The lowest BCUT2D eigenvalue weighted by molar-refractivity contribution is 0.102. The number of hydrogen-bond acceptors (Lipinski definition) is 4. The molecule has 1 heterocycles. The summed E-state index contributed by atoms with van der Waals surface area (Å²) >= 11 is 6.20. The van der Waals surface area contributed by atoms with Crippen molar-refractivity contribution in [3.63, 3.8) is 0 Å². The Balaban J connectivity index is 1.63. The van der Waals surface area contributed by atoms with E-state index in [1.54, 1.807) is 30.5 Å². The molecule has 0 atom stereocenters. The highest BCUT2D eigenvalue weighted by Crippen LogP contribution is 2.27. The molecule has 0 radical (unpaired) electrons. The fourth-order valence-electron chi connectivity index (χ4n) is 3.14. The smallest absolute Gasteiger partial charge is 0.264 e. The first-order valence-electron chi connectivity index (χ1n) is 9.46. The van der Waals surface area contributed by atoms with E-state index < -0.39 is 21.7 Å². The molecule has 9 heteroatoms. The second kappa shape index (κ2) is 8.57. The van der Waals surface area contributed by atoms with E-state index in [1.807, 2.05) is 6.07 Å². The predicted octanol–water partition coefficient (Wildman–Crippen LogP) is 5.10. The van der Waals surface area contributed by atoms with Gasteiger partial charge in [0.1, 0.15) is 5.82 Å². The second-order valence-corrected chi connectivity index (χ2v) is 9.33. The second-order valence-electron chi connectivity index (χ2n) is 6.96. The molecule has 0 bridgehead atoms. The molecule has 162 valence electrons. The van der Waals surface area contributed by atoms with Crippen LogP contribution in [0.15, 0.2) is 83.9 Å². The van der Waals surface area contributed by atoms with Gasteiger partial charge in [-0.3, -0.25) is 14.1 Å². The summed E-state index contributed by atoms with van der Waals surface area (Å²) in [6, 6.07) is 17.8. The summed E-state index contributed by atoms with van der Waals surface area (Å²) in [6.07, 6.45) is 1.68. The van der Waals surface area contributed by atoms with Crippen LogP contribution in [0.1, 0.15) is 10.4 Å². The number of carbonyl (C=O) groups is 1. The number of halogens is 2. The molecule has 0 saturated heterocycles. The molecule has 0 aliphatic carbocycles. The largest absolute Gasteiger partial charge is 0.322 e. The Morgan fingerprint density at radius 3 is 2.53 bits per heavy atom. The van der Waals surface area contributed by atoms with E-state index in [1.165, 1.54) is 49.5 Å². The minimum Gasteiger partial charge on any atom is -0.322 e. The van der Waals surface area contributed by atoms with Gasteiger partial charge in [0.25, 0.3) is 15.9 Å². The average molecular weight is 470 g/mol. The summed E-state index contributed by atoms with van der Waals surface area (Å²) < 4.78 is 40.3. The van der Waals surface area contributed by atoms with Crippen molar-refractivity contribution in [1.82, 2.24) is 4.98 Å². The molecule has 32 heavy (non-hydrogen) atoms. The number of rotatable bonds is 5. The minimum atomic E-state index is -4.02. The molecule has 4 rings (SSSR count). The van der Waals surface area contributed by atoms with Gasteiger partial charge < -0.3 is 5.32 Å². The van der Waals surface area contributed by atoms with Crippen LogP contribution in [0.3, 0.4) is 0 Å². The van der Waals surface area contributed by atoms with Gasteiger partial charge >= 0.3 is 0 Å². The Hall–Kier alpha value is -3.49. The number of nitrogens with zero attached hydrogens (tertiary/aromatic N) is 2. The van der Waals surface area contributed by atoms with Gasteiger partial charge in [-0.25, -0.2) is 12.8 Å². The van der Waals surface area contributed by atoms with Gasteiger partial charge in [-0.1, -0.05) is 17.7 Å². The normalized spacial score (nSPS) is 11.3. The molecule has 0 saturated carbocycles. The zero-order valence-electron chi connectivity index (χ0n) is 16.8. The van der Waals surface area contributed by atoms with Crippen LogP contribution >= 0.6 is 11.6 Å². The van der Waals surface area contributed by atoms with Crippen molar-refractivity contribution in [3.05, 3.63) is 95.4 Å². The minimum absolute atomic E-state index is 0.00605. The van der Waals surface area contributed by atoms with Crippen molar-refractivity contribution >= 4 is 49.8 Å². The molecule has 1 N–H and O–H groups in total. The van der Waals surface area contributed by atoms with Crippen LogP contribution in [0.2, 0.25) is 5.02 Å². The number of amides is 1. The van der Waals surface area contributed by atoms with Crippen LogP contribution in [-0.4, -0.2) is 26.4 Å². The maximum absolute atomic E-state index is 13.2. The molecule has 6 nitrogen and oxygen atoms in total. The summed E-state index contributed by atoms with van der Waals surface area (Å²) in [6.45, 7) is 0. The molecular weight excluding hydrogens is 453 g/mol. The van der Waals surface area contributed by atoms with E-state index in [9.17, 15) is 17.6 Å². The van der Waals surface area contributed by atoms with Crippen LogP contribution in [0.5, 0.6) is 0 Å². The maximum atomic E-state index is 13.2. The first-order valence-corrected chi connectivity index (χ1v) is 11.3. The highest BCUT2D eigenvalue weighted by atomic mass is 35.5. The van der Waals surface area contributed by atoms with Crippen molar-refractivity contribution in [2.45, 2.75) is 4.90 Å². The van der Waals surface area contributed by atoms with Crippen LogP contribution in [0, 0.1) is 5.82 Å². The summed E-state index contributed by atoms with van der Waals surface area (Å²) in [5.74, 6) is -1.03.